The molecule has 0 aliphatic heterocycles. The fourth-order valence-electron chi connectivity index (χ4n) is 3.66. The van der Waals surface area contributed by atoms with E-state index in [0.29, 0.717) is 16.7 Å². The maximum atomic E-state index is 13.4. The van der Waals surface area contributed by atoms with Crippen LogP contribution in [0.5, 0.6) is 0 Å². The van der Waals surface area contributed by atoms with Crippen LogP contribution >= 0.6 is 11.6 Å². The highest BCUT2D eigenvalue weighted by Crippen LogP contribution is 2.29. The van der Waals surface area contributed by atoms with Crippen LogP contribution in [0.2, 0.25) is 0 Å². The lowest BCUT2D eigenvalue weighted by Crippen LogP contribution is -2.15. The van der Waals surface area contributed by atoms with Gasteiger partial charge < -0.3 is 4.57 Å². The first-order valence-corrected chi connectivity index (χ1v) is 11.3. The van der Waals surface area contributed by atoms with E-state index >= 15 is 0 Å². The van der Waals surface area contributed by atoms with E-state index in [-0.39, 0.29) is 10.8 Å². The fourth-order valence-corrected chi connectivity index (χ4v) is 5.45. The van der Waals surface area contributed by atoms with Gasteiger partial charge in [0.15, 0.2) is 0 Å². The SMILES string of the molecule is Cc1ccc(S(=O)(=O)n2c(CCl)cc3nc(-n4c(C)ccc4C)c(C)cc32)cc1. The van der Waals surface area contributed by atoms with Crippen LogP contribution in [0.1, 0.15) is 28.2 Å². The predicted octanol–water partition coefficient (Wildman–Crippen LogP) is 5.04. The van der Waals surface area contributed by atoms with Crippen LogP contribution in [-0.2, 0) is 15.9 Å². The van der Waals surface area contributed by atoms with E-state index < -0.39 is 10.0 Å². The predicted molar refractivity (Wildman–Crippen MR) is 117 cm³/mol. The van der Waals surface area contributed by atoms with E-state index in [1.165, 1.54) is 3.97 Å². The standard InChI is InChI=1S/C22H22ClN3O2S/c1-14-5-9-19(10-6-14)29(27,28)26-18(13-23)12-20-21(26)11-15(2)22(24-20)25-16(3)7-8-17(25)4/h5-12H,13H2,1-4H3. The molecule has 0 aliphatic carbocycles. The van der Waals surface area contributed by atoms with E-state index in [0.717, 1.165) is 28.3 Å². The molecule has 150 valence electrons. The zero-order valence-corrected chi connectivity index (χ0v) is 18.3. The number of benzene rings is 1. The van der Waals surface area contributed by atoms with Gasteiger partial charge in [-0.2, -0.15) is 0 Å². The molecule has 3 heterocycles. The zero-order valence-electron chi connectivity index (χ0n) is 16.8. The number of aromatic nitrogens is 3. The molecule has 0 N–H and O–H groups in total. The van der Waals surface area contributed by atoms with Crippen molar-refractivity contribution in [2.24, 2.45) is 0 Å². The van der Waals surface area contributed by atoms with E-state index in [4.69, 9.17) is 16.6 Å². The van der Waals surface area contributed by atoms with Gasteiger partial charge in [0, 0.05) is 11.4 Å². The number of hydrogen-bond donors (Lipinski definition) is 0. The second kappa shape index (κ2) is 7.04. The smallest absolute Gasteiger partial charge is 0.268 e. The van der Waals surface area contributed by atoms with Gasteiger partial charge in [-0.05, 0) is 69.7 Å². The Morgan fingerprint density at radius 2 is 1.55 bits per heavy atom. The Morgan fingerprint density at radius 1 is 0.931 bits per heavy atom. The van der Waals surface area contributed by atoms with Crippen LogP contribution in [0.15, 0.2) is 53.4 Å². The molecule has 0 amide bonds. The third-order valence-corrected chi connectivity index (χ3v) is 7.21. The summed E-state index contributed by atoms with van der Waals surface area (Å²) in [5, 5.41) is 0. The minimum absolute atomic E-state index is 0.0669. The van der Waals surface area contributed by atoms with Crippen molar-refractivity contribution < 1.29 is 8.42 Å². The summed E-state index contributed by atoms with van der Waals surface area (Å²) in [6.07, 6.45) is 0. The third-order valence-electron chi connectivity index (χ3n) is 5.16. The van der Waals surface area contributed by atoms with Crippen molar-refractivity contribution in [3.05, 3.63) is 76.7 Å². The van der Waals surface area contributed by atoms with Gasteiger partial charge in [-0.15, -0.1) is 11.6 Å². The van der Waals surface area contributed by atoms with Crippen LogP contribution in [0, 0.1) is 27.7 Å². The van der Waals surface area contributed by atoms with Gasteiger partial charge in [-0.1, -0.05) is 17.7 Å². The summed E-state index contributed by atoms with van der Waals surface area (Å²) in [7, 11) is -3.80. The lowest BCUT2D eigenvalue weighted by atomic mass is 10.2. The van der Waals surface area contributed by atoms with Crippen LogP contribution in [-0.4, -0.2) is 21.9 Å². The van der Waals surface area contributed by atoms with Crippen molar-refractivity contribution in [3.8, 4) is 5.82 Å². The summed E-state index contributed by atoms with van der Waals surface area (Å²) in [6, 6.07) is 14.5. The number of aryl methyl sites for hydroxylation is 4. The molecule has 1 aromatic carbocycles. The van der Waals surface area contributed by atoms with Gasteiger partial charge in [-0.3, -0.25) is 0 Å². The first-order chi connectivity index (χ1) is 13.7. The van der Waals surface area contributed by atoms with Gasteiger partial charge in [0.2, 0.25) is 0 Å². The molecule has 0 saturated carbocycles. The molecule has 4 rings (SSSR count). The maximum Gasteiger partial charge on any atom is 0.268 e. The van der Waals surface area contributed by atoms with E-state index in [1.807, 2.05) is 45.9 Å². The summed E-state index contributed by atoms with van der Waals surface area (Å²) < 4.78 is 30.2. The Bertz CT molecular complexity index is 1310. The molecule has 7 heteroatoms. The first-order valence-electron chi connectivity index (χ1n) is 9.29. The molecule has 0 unspecified atom stereocenters. The molecular weight excluding hydrogens is 406 g/mol. The van der Waals surface area contributed by atoms with E-state index in [2.05, 4.69) is 4.57 Å². The molecule has 3 aromatic heterocycles. The van der Waals surface area contributed by atoms with Crippen molar-refractivity contribution in [3.63, 3.8) is 0 Å². The Labute approximate surface area is 175 Å². The highest BCUT2D eigenvalue weighted by molar-refractivity contribution is 7.90. The Morgan fingerprint density at radius 3 is 2.14 bits per heavy atom. The quantitative estimate of drug-likeness (QED) is 0.429. The average molecular weight is 428 g/mol. The normalized spacial score (nSPS) is 12.0. The summed E-state index contributed by atoms with van der Waals surface area (Å²) in [6.45, 7) is 7.91. The van der Waals surface area contributed by atoms with Gasteiger partial charge in [-0.25, -0.2) is 17.4 Å². The van der Waals surface area contributed by atoms with Crippen LogP contribution in [0.25, 0.3) is 16.9 Å². The molecule has 0 saturated heterocycles. The van der Waals surface area contributed by atoms with E-state index in [9.17, 15) is 8.42 Å². The Hall–Kier alpha value is -2.57. The fraction of sp³-hybridized carbons (Fsp3) is 0.227. The van der Waals surface area contributed by atoms with Gasteiger partial charge >= 0.3 is 0 Å². The van der Waals surface area contributed by atoms with Gasteiger partial charge in [0.1, 0.15) is 5.82 Å². The number of hydrogen-bond acceptors (Lipinski definition) is 3. The summed E-state index contributed by atoms with van der Waals surface area (Å²) in [5.74, 6) is 0.862. The van der Waals surface area contributed by atoms with Crippen LogP contribution in [0.4, 0.5) is 0 Å². The molecule has 0 fully saturated rings. The molecule has 4 aromatic rings. The first kappa shape index (κ1) is 19.7. The van der Waals surface area contributed by atoms with Crippen molar-refractivity contribution in [2.75, 3.05) is 0 Å². The second-order valence-electron chi connectivity index (χ2n) is 7.34. The number of pyridine rings is 1. The Kier molecular flexibility index (Phi) is 4.79. The van der Waals surface area contributed by atoms with Crippen molar-refractivity contribution in [1.82, 2.24) is 13.5 Å². The summed E-state index contributed by atoms with van der Waals surface area (Å²) in [5.41, 5.74) is 5.66. The van der Waals surface area contributed by atoms with Gasteiger partial charge in [0.25, 0.3) is 10.0 Å². The van der Waals surface area contributed by atoms with Crippen molar-refractivity contribution in [1.29, 1.82) is 0 Å². The maximum absolute atomic E-state index is 13.4. The number of alkyl halides is 1. The van der Waals surface area contributed by atoms with Crippen LogP contribution in [0.3, 0.4) is 0 Å². The molecule has 0 spiro atoms. The number of halogens is 1. The average Bonchev–Trinajstić information content (AvgIpc) is 3.21. The van der Waals surface area contributed by atoms with Gasteiger partial charge in [0.05, 0.1) is 27.5 Å². The minimum Gasteiger partial charge on any atom is -0.303 e. The summed E-state index contributed by atoms with van der Waals surface area (Å²) in [4.78, 5) is 5.04. The van der Waals surface area contributed by atoms with Crippen molar-refractivity contribution in [2.45, 2.75) is 38.5 Å². The highest BCUT2D eigenvalue weighted by atomic mass is 35.5. The molecular formula is C22H22ClN3O2S. The number of fused-ring (bicyclic) bond motifs is 1. The molecule has 0 bridgehead atoms. The lowest BCUT2D eigenvalue weighted by molar-refractivity contribution is 0.588. The zero-order chi connectivity index (χ0) is 20.9. The third kappa shape index (κ3) is 3.16. The largest absolute Gasteiger partial charge is 0.303 e. The molecule has 0 atom stereocenters. The van der Waals surface area contributed by atoms with Crippen molar-refractivity contribution >= 4 is 32.7 Å². The lowest BCUT2D eigenvalue weighted by Gasteiger charge is -2.14. The molecule has 5 nitrogen and oxygen atoms in total. The number of rotatable bonds is 4. The highest BCUT2D eigenvalue weighted by Gasteiger charge is 2.24. The van der Waals surface area contributed by atoms with Crippen LogP contribution < -0.4 is 0 Å². The monoisotopic (exact) mass is 427 g/mol. The second-order valence-corrected chi connectivity index (χ2v) is 9.39. The van der Waals surface area contributed by atoms with E-state index in [1.54, 1.807) is 30.3 Å². The molecule has 29 heavy (non-hydrogen) atoms. The number of nitrogens with zero attached hydrogens (tertiary/aromatic N) is 3. The molecule has 0 aliphatic rings. The Balaban J connectivity index is 1.99. The summed E-state index contributed by atoms with van der Waals surface area (Å²) >= 11 is 6.13. The molecule has 0 radical (unpaired) electrons. The topological polar surface area (TPSA) is 56.9 Å². The minimum atomic E-state index is -3.80.